The van der Waals surface area contributed by atoms with Crippen LogP contribution >= 0.6 is 0 Å². The lowest BCUT2D eigenvalue weighted by Crippen LogP contribution is -2.24. The maximum atomic E-state index is 13.0. The van der Waals surface area contributed by atoms with Crippen LogP contribution in [0.5, 0.6) is 0 Å². The number of amides is 4. The summed E-state index contributed by atoms with van der Waals surface area (Å²) in [5.74, 6) is -0.848. The molecule has 0 aromatic heterocycles. The second-order valence-electron chi connectivity index (χ2n) is 8.15. The summed E-state index contributed by atoms with van der Waals surface area (Å²) in [4.78, 5) is 48.7. The molecule has 2 aliphatic rings. The Morgan fingerprint density at radius 1 is 0.944 bits per heavy atom. The second-order valence-corrected chi connectivity index (χ2v) is 8.15. The van der Waals surface area contributed by atoms with Crippen molar-refractivity contribution >= 4 is 52.3 Å². The van der Waals surface area contributed by atoms with Crippen molar-refractivity contribution in [2.75, 3.05) is 17.7 Å². The molecule has 10 heteroatoms. The lowest BCUT2D eigenvalue weighted by atomic mass is 9.99. The average molecular weight is 481 g/mol. The summed E-state index contributed by atoms with van der Waals surface area (Å²) in [6, 6.07) is 20.0. The Morgan fingerprint density at radius 3 is 2.31 bits per heavy atom. The number of benzene rings is 3. The van der Waals surface area contributed by atoms with E-state index in [0.29, 0.717) is 28.2 Å². The number of nitro benzene ring substituents is 1. The van der Waals surface area contributed by atoms with Gasteiger partial charge in [0.15, 0.2) is 0 Å². The Kier molecular flexibility index (Phi) is 5.53. The summed E-state index contributed by atoms with van der Waals surface area (Å²) in [7, 11) is 1.51. The van der Waals surface area contributed by atoms with Gasteiger partial charge in [-0.05, 0) is 35.4 Å². The lowest BCUT2D eigenvalue weighted by molar-refractivity contribution is -0.384. The number of urea groups is 1. The summed E-state index contributed by atoms with van der Waals surface area (Å²) in [6.45, 7) is 0. The van der Waals surface area contributed by atoms with Crippen LogP contribution in [0.25, 0.3) is 17.3 Å². The van der Waals surface area contributed by atoms with Gasteiger partial charge in [0, 0.05) is 36.1 Å². The summed E-state index contributed by atoms with van der Waals surface area (Å²) >= 11 is 0. The van der Waals surface area contributed by atoms with Gasteiger partial charge in [-0.1, -0.05) is 42.5 Å². The van der Waals surface area contributed by atoms with Gasteiger partial charge < -0.3 is 10.6 Å². The largest absolute Gasteiger partial charge is 0.354 e. The molecule has 0 bridgehead atoms. The van der Waals surface area contributed by atoms with Gasteiger partial charge in [-0.3, -0.25) is 29.9 Å². The van der Waals surface area contributed by atoms with Gasteiger partial charge in [-0.25, -0.2) is 4.79 Å². The van der Waals surface area contributed by atoms with Crippen molar-refractivity contribution in [3.8, 4) is 0 Å². The minimum absolute atomic E-state index is 0.119. The number of carbonyl (C=O) groups is 3. The number of non-ortho nitro benzene ring substituents is 1. The fourth-order valence-electron chi connectivity index (χ4n) is 4.03. The molecule has 2 aliphatic heterocycles. The first-order chi connectivity index (χ1) is 17.3. The molecule has 2 heterocycles. The molecule has 3 aromatic rings. The van der Waals surface area contributed by atoms with E-state index >= 15 is 0 Å². The van der Waals surface area contributed by atoms with Gasteiger partial charge in [0.2, 0.25) is 0 Å². The van der Waals surface area contributed by atoms with Crippen LogP contribution in [0.4, 0.5) is 21.9 Å². The highest BCUT2D eigenvalue weighted by Crippen LogP contribution is 2.39. The van der Waals surface area contributed by atoms with Crippen LogP contribution < -0.4 is 16.0 Å². The normalized spacial score (nSPS) is 17.1. The number of imide groups is 1. The van der Waals surface area contributed by atoms with Crippen molar-refractivity contribution in [1.29, 1.82) is 0 Å². The molecule has 10 nitrogen and oxygen atoms in total. The van der Waals surface area contributed by atoms with E-state index in [4.69, 9.17) is 0 Å². The number of nitrogens with one attached hydrogen (secondary N) is 3. The first-order valence-corrected chi connectivity index (χ1v) is 10.9. The SMILES string of the molecule is CN1C(=O)NC(=O)/C1=C/c1ccc(N/C(=C2\C(=O)Nc3ccc([N+](=O)[O-])cc32)c2ccccc2)cc1. The molecule has 36 heavy (non-hydrogen) atoms. The molecular formula is C26H19N5O5. The van der Waals surface area contributed by atoms with Crippen LogP contribution in [0.2, 0.25) is 0 Å². The Morgan fingerprint density at radius 2 is 1.67 bits per heavy atom. The molecule has 0 unspecified atom stereocenters. The zero-order valence-electron chi connectivity index (χ0n) is 18.9. The molecule has 1 fully saturated rings. The van der Waals surface area contributed by atoms with Crippen molar-refractivity contribution in [1.82, 2.24) is 10.2 Å². The maximum Gasteiger partial charge on any atom is 0.328 e. The Balaban J connectivity index is 1.55. The number of likely N-dealkylation sites (N-methyl/N-ethyl adjacent to an activating group) is 1. The molecule has 1 saturated heterocycles. The fourth-order valence-corrected chi connectivity index (χ4v) is 4.03. The molecule has 0 saturated carbocycles. The second kappa shape index (κ2) is 8.84. The van der Waals surface area contributed by atoms with Crippen molar-refractivity contribution in [2.45, 2.75) is 0 Å². The van der Waals surface area contributed by atoms with Gasteiger partial charge in [-0.2, -0.15) is 0 Å². The summed E-state index contributed by atoms with van der Waals surface area (Å²) in [5.41, 5.74) is 3.87. The van der Waals surface area contributed by atoms with Gasteiger partial charge in [0.25, 0.3) is 17.5 Å². The maximum absolute atomic E-state index is 13.0. The molecule has 3 N–H and O–H groups in total. The van der Waals surface area contributed by atoms with Crippen LogP contribution in [-0.4, -0.2) is 34.7 Å². The third-order valence-electron chi connectivity index (χ3n) is 5.87. The zero-order valence-corrected chi connectivity index (χ0v) is 18.9. The Hall–Kier alpha value is -5.25. The molecule has 178 valence electrons. The predicted molar refractivity (Wildman–Crippen MR) is 134 cm³/mol. The molecule has 3 aromatic carbocycles. The standard InChI is InChI=1S/C26H19N5O5/c1-30-21(24(32)29-26(30)34)13-15-7-9-17(10-8-15)27-23(16-5-3-2-4-6-16)22-19-14-18(31(35)36)11-12-20(19)28-25(22)33/h2-14,27H,1H3,(H,28,33)(H,29,32,34)/b21-13-,23-22-. The van der Waals surface area contributed by atoms with Crippen LogP contribution in [0, 0.1) is 10.1 Å². The van der Waals surface area contributed by atoms with Gasteiger partial charge in [0.1, 0.15) is 5.70 Å². The number of nitro groups is 1. The topological polar surface area (TPSA) is 134 Å². The third kappa shape index (κ3) is 4.07. The molecule has 5 rings (SSSR count). The van der Waals surface area contributed by atoms with E-state index in [0.717, 1.165) is 5.56 Å². The highest BCUT2D eigenvalue weighted by atomic mass is 16.6. The Labute approximate surface area is 205 Å². The molecule has 4 amide bonds. The third-order valence-corrected chi connectivity index (χ3v) is 5.87. The Bertz CT molecular complexity index is 1490. The first kappa shape index (κ1) is 22.5. The van der Waals surface area contributed by atoms with Gasteiger partial charge in [0.05, 0.1) is 16.2 Å². The van der Waals surface area contributed by atoms with Crippen molar-refractivity contribution in [3.63, 3.8) is 0 Å². The van der Waals surface area contributed by atoms with Crippen molar-refractivity contribution < 1.29 is 19.3 Å². The monoisotopic (exact) mass is 481 g/mol. The van der Waals surface area contributed by atoms with E-state index in [-0.39, 0.29) is 22.9 Å². The number of rotatable bonds is 5. The summed E-state index contributed by atoms with van der Waals surface area (Å²) in [5, 5.41) is 19.6. The van der Waals surface area contributed by atoms with E-state index < -0.39 is 16.9 Å². The molecular weight excluding hydrogens is 462 g/mol. The van der Waals surface area contributed by atoms with Gasteiger partial charge in [-0.15, -0.1) is 0 Å². The molecule has 0 radical (unpaired) electrons. The minimum atomic E-state index is -0.501. The fraction of sp³-hybridized carbons (Fsp3) is 0.0385. The predicted octanol–water partition coefficient (Wildman–Crippen LogP) is 4.05. The number of nitrogens with zero attached hydrogens (tertiary/aromatic N) is 2. The quantitative estimate of drug-likeness (QED) is 0.218. The number of carbonyl (C=O) groups excluding carboxylic acids is 3. The van der Waals surface area contributed by atoms with Crippen LogP contribution in [0.3, 0.4) is 0 Å². The van der Waals surface area contributed by atoms with Crippen molar-refractivity contribution in [2.24, 2.45) is 0 Å². The number of hydrogen-bond acceptors (Lipinski definition) is 6. The molecule has 0 aliphatic carbocycles. The molecule has 0 spiro atoms. The van der Waals surface area contributed by atoms with E-state index in [2.05, 4.69) is 16.0 Å². The van der Waals surface area contributed by atoms with Gasteiger partial charge >= 0.3 is 6.03 Å². The van der Waals surface area contributed by atoms with E-state index in [9.17, 15) is 24.5 Å². The van der Waals surface area contributed by atoms with E-state index in [1.807, 2.05) is 30.3 Å². The van der Waals surface area contributed by atoms with Crippen LogP contribution in [0.1, 0.15) is 16.7 Å². The number of fused-ring (bicyclic) bond motifs is 1. The van der Waals surface area contributed by atoms with E-state index in [1.54, 1.807) is 30.3 Å². The minimum Gasteiger partial charge on any atom is -0.354 e. The highest BCUT2D eigenvalue weighted by molar-refractivity contribution is 6.37. The van der Waals surface area contributed by atoms with E-state index in [1.165, 1.54) is 30.1 Å². The zero-order chi connectivity index (χ0) is 25.4. The summed E-state index contributed by atoms with van der Waals surface area (Å²) < 4.78 is 0. The lowest BCUT2D eigenvalue weighted by Gasteiger charge is -2.15. The first-order valence-electron chi connectivity index (χ1n) is 10.9. The smallest absolute Gasteiger partial charge is 0.328 e. The number of anilines is 2. The summed E-state index contributed by atoms with van der Waals surface area (Å²) in [6.07, 6.45) is 1.60. The van der Waals surface area contributed by atoms with Crippen LogP contribution in [-0.2, 0) is 9.59 Å². The van der Waals surface area contributed by atoms with Crippen LogP contribution in [0.15, 0.2) is 78.5 Å². The average Bonchev–Trinajstić information content (AvgIpc) is 3.32. The number of hydrogen-bond donors (Lipinski definition) is 3. The van der Waals surface area contributed by atoms with Crippen molar-refractivity contribution in [3.05, 3.63) is 105 Å². The molecule has 0 atom stereocenters. The highest BCUT2D eigenvalue weighted by Gasteiger charge is 2.31.